The number of furan rings is 1. The lowest BCUT2D eigenvalue weighted by Gasteiger charge is -2.08. The number of halogens is 3. The molecule has 0 aliphatic heterocycles. The molecule has 0 bridgehead atoms. The molecule has 26 heavy (non-hydrogen) atoms. The number of methoxy groups -OCH3 is 1. The van der Waals surface area contributed by atoms with E-state index in [1.165, 1.54) is 0 Å². The average molecular weight is 389 g/mol. The number of hydrogen-bond donors (Lipinski definition) is 0. The van der Waals surface area contributed by atoms with Gasteiger partial charge in [-0.25, -0.2) is 8.42 Å². The highest BCUT2D eigenvalue weighted by atomic mass is 32.2. The van der Waals surface area contributed by atoms with Crippen LogP contribution in [0.3, 0.4) is 0 Å². The number of fused-ring (bicyclic) bond motifs is 1. The number of hydrogen-bond acceptors (Lipinski definition) is 5. The van der Waals surface area contributed by atoms with Crippen LogP contribution in [0.2, 0.25) is 0 Å². The minimum absolute atomic E-state index is 0.863. The molecule has 2 heterocycles. The third-order valence-corrected chi connectivity index (χ3v) is 3.94. The van der Waals surface area contributed by atoms with Crippen LogP contribution in [0, 0.1) is 0 Å². The standard InChI is InChI=1S/C15H14NO2.CHF3O3S/c1-16-10-12-11(5-3-6-14(12)17-2)9-13(16)15-7-4-8-18-15;2-1(3,4)8(5,6)7/h3-10H,1-2H3;(H,5,6,7)/q+1;/p-1. The van der Waals surface area contributed by atoms with Gasteiger partial charge in [0.05, 0.1) is 18.8 Å². The van der Waals surface area contributed by atoms with Crippen molar-refractivity contribution in [2.24, 2.45) is 7.05 Å². The Morgan fingerprint density at radius 1 is 1.19 bits per heavy atom. The van der Waals surface area contributed by atoms with Crippen LogP contribution in [0.4, 0.5) is 13.2 Å². The maximum absolute atomic E-state index is 10.7. The van der Waals surface area contributed by atoms with Gasteiger partial charge in [-0.2, -0.15) is 17.7 Å². The first-order valence-electron chi connectivity index (χ1n) is 7.07. The average Bonchev–Trinajstić information content (AvgIpc) is 3.06. The molecule has 0 fully saturated rings. The van der Waals surface area contributed by atoms with Gasteiger partial charge in [0.15, 0.2) is 22.1 Å². The number of aromatic nitrogens is 1. The number of rotatable bonds is 2. The van der Waals surface area contributed by atoms with Gasteiger partial charge in [0.1, 0.15) is 12.8 Å². The summed E-state index contributed by atoms with van der Waals surface area (Å²) in [6.07, 6.45) is 3.75. The number of nitrogens with zero attached hydrogens (tertiary/aromatic N) is 1. The van der Waals surface area contributed by atoms with Crippen molar-refractivity contribution in [3.05, 3.63) is 48.9 Å². The second-order valence-electron chi connectivity index (χ2n) is 5.11. The summed E-state index contributed by atoms with van der Waals surface area (Å²) in [5.74, 6) is 1.75. The first-order valence-corrected chi connectivity index (χ1v) is 8.48. The molecule has 0 aliphatic rings. The Hall–Kier alpha value is -2.59. The van der Waals surface area contributed by atoms with E-state index in [1.54, 1.807) is 13.4 Å². The smallest absolute Gasteiger partial charge is 0.485 e. The van der Waals surface area contributed by atoms with Crippen LogP contribution in [-0.4, -0.2) is 25.6 Å². The molecule has 1 aromatic carbocycles. The van der Waals surface area contributed by atoms with E-state index < -0.39 is 15.6 Å². The van der Waals surface area contributed by atoms with Gasteiger partial charge in [0.25, 0.3) is 0 Å². The SMILES string of the molecule is COc1cccc2cc(-c3ccco3)[n+](C)cc12.O=S(=O)([O-])C(F)(F)F. The van der Waals surface area contributed by atoms with Gasteiger partial charge in [-0.15, -0.1) is 0 Å². The molecular weight excluding hydrogens is 375 g/mol. The Morgan fingerprint density at radius 2 is 1.85 bits per heavy atom. The van der Waals surface area contributed by atoms with Gasteiger partial charge in [-0.3, -0.25) is 0 Å². The summed E-state index contributed by atoms with van der Waals surface area (Å²) in [7, 11) is -2.40. The van der Waals surface area contributed by atoms with Gasteiger partial charge >= 0.3 is 5.51 Å². The van der Waals surface area contributed by atoms with Crippen molar-refractivity contribution in [2.45, 2.75) is 5.51 Å². The molecule has 0 N–H and O–H groups in total. The van der Waals surface area contributed by atoms with Gasteiger partial charge in [-0.1, -0.05) is 12.1 Å². The molecule has 140 valence electrons. The number of ether oxygens (including phenoxy) is 1. The Morgan fingerprint density at radius 3 is 2.35 bits per heavy atom. The lowest BCUT2D eigenvalue weighted by atomic mass is 10.1. The highest BCUT2D eigenvalue weighted by Gasteiger charge is 2.36. The van der Waals surface area contributed by atoms with E-state index >= 15 is 0 Å². The summed E-state index contributed by atoms with van der Waals surface area (Å²) < 4.78 is 71.8. The molecular formula is C16H14F3NO5S. The van der Waals surface area contributed by atoms with E-state index in [-0.39, 0.29) is 0 Å². The Bertz CT molecular complexity index is 999. The maximum Gasteiger partial charge on any atom is 0.485 e. The van der Waals surface area contributed by atoms with E-state index in [4.69, 9.17) is 22.1 Å². The van der Waals surface area contributed by atoms with E-state index in [9.17, 15) is 13.2 Å². The quantitative estimate of drug-likeness (QED) is 0.382. The molecule has 0 amide bonds. The zero-order valence-electron chi connectivity index (χ0n) is 13.6. The van der Waals surface area contributed by atoms with Crippen molar-refractivity contribution in [3.8, 4) is 17.2 Å². The summed E-state index contributed by atoms with van der Waals surface area (Å²) in [5.41, 5.74) is -4.60. The molecule has 0 radical (unpaired) electrons. The van der Waals surface area contributed by atoms with Crippen molar-refractivity contribution < 1.29 is 39.9 Å². The molecule has 0 atom stereocenters. The fourth-order valence-corrected chi connectivity index (χ4v) is 2.18. The number of alkyl halides is 3. The van der Waals surface area contributed by atoms with E-state index in [0.29, 0.717) is 0 Å². The summed E-state index contributed by atoms with van der Waals surface area (Å²) in [6, 6.07) is 12.0. The highest BCUT2D eigenvalue weighted by Crippen LogP contribution is 2.27. The van der Waals surface area contributed by atoms with Crippen LogP contribution in [0.15, 0.2) is 53.3 Å². The minimum atomic E-state index is -6.09. The van der Waals surface area contributed by atoms with Crippen LogP contribution >= 0.6 is 0 Å². The molecule has 0 aliphatic carbocycles. The number of pyridine rings is 1. The first kappa shape index (κ1) is 19.7. The normalized spacial score (nSPS) is 11.8. The molecule has 0 saturated carbocycles. The van der Waals surface area contributed by atoms with Crippen molar-refractivity contribution in [1.82, 2.24) is 0 Å². The maximum atomic E-state index is 10.7. The molecule has 0 unspecified atom stereocenters. The van der Waals surface area contributed by atoms with Crippen LogP contribution in [0.1, 0.15) is 0 Å². The monoisotopic (exact) mass is 389 g/mol. The number of benzene rings is 1. The van der Waals surface area contributed by atoms with Crippen LogP contribution in [0.5, 0.6) is 5.75 Å². The summed E-state index contributed by atoms with van der Waals surface area (Å²) in [5, 5.41) is 2.23. The predicted octanol–water partition coefficient (Wildman–Crippen LogP) is 2.98. The van der Waals surface area contributed by atoms with Gasteiger partial charge in [0.2, 0.25) is 5.69 Å². The molecule has 6 nitrogen and oxygen atoms in total. The number of aryl methyl sites for hydroxylation is 1. The summed E-state index contributed by atoms with van der Waals surface area (Å²) in [6.45, 7) is 0. The largest absolute Gasteiger partial charge is 0.741 e. The van der Waals surface area contributed by atoms with E-state index in [2.05, 4.69) is 18.3 Å². The molecule has 3 rings (SSSR count). The minimum Gasteiger partial charge on any atom is -0.741 e. The van der Waals surface area contributed by atoms with Gasteiger partial charge in [-0.05, 0) is 23.6 Å². The molecule has 2 aromatic heterocycles. The van der Waals surface area contributed by atoms with Crippen LogP contribution < -0.4 is 9.30 Å². The molecule has 0 spiro atoms. The lowest BCUT2D eigenvalue weighted by molar-refractivity contribution is -0.659. The summed E-state index contributed by atoms with van der Waals surface area (Å²) in [4.78, 5) is 0. The zero-order chi connectivity index (χ0) is 19.5. The van der Waals surface area contributed by atoms with Crippen molar-refractivity contribution in [2.75, 3.05) is 7.11 Å². The van der Waals surface area contributed by atoms with Crippen molar-refractivity contribution in [3.63, 3.8) is 0 Å². The molecule has 10 heteroatoms. The van der Waals surface area contributed by atoms with E-state index in [1.807, 2.05) is 35.9 Å². The fourth-order valence-electron chi connectivity index (χ4n) is 2.18. The first-order chi connectivity index (χ1) is 12.0. The zero-order valence-corrected chi connectivity index (χ0v) is 14.5. The second kappa shape index (κ2) is 7.34. The van der Waals surface area contributed by atoms with Crippen molar-refractivity contribution >= 4 is 20.9 Å². The topological polar surface area (TPSA) is 83.5 Å². The van der Waals surface area contributed by atoms with Crippen molar-refractivity contribution in [1.29, 1.82) is 0 Å². The third kappa shape index (κ3) is 4.33. The second-order valence-corrected chi connectivity index (χ2v) is 6.48. The fraction of sp³-hybridized carbons (Fsp3) is 0.188. The van der Waals surface area contributed by atoms with Gasteiger partial charge in [0, 0.05) is 6.07 Å². The molecule has 0 saturated heterocycles. The third-order valence-electron chi connectivity index (χ3n) is 3.37. The summed E-state index contributed by atoms with van der Waals surface area (Å²) >= 11 is 0. The Balaban J connectivity index is 0.000000260. The Kier molecular flexibility index (Phi) is 5.57. The highest BCUT2D eigenvalue weighted by molar-refractivity contribution is 7.86. The van der Waals surface area contributed by atoms with Crippen LogP contribution in [0.25, 0.3) is 22.2 Å². The Labute approximate surface area is 147 Å². The predicted molar refractivity (Wildman–Crippen MR) is 85.1 cm³/mol. The molecule has 3 aromatic rings. The van der Waals surface area contributed by atoms with E-state index in [0.717, 1.165) is 28.0 Å². The lowest BCUT2D eigenvalue weighted by Crippen LogP contribution is -2.30. The van der Waals surface area contributed by atoms with Crippen LogP contribution in [-0.2, 0) is 17.2 Å². The van der Waals surface area contributed by atoms with Gasteiger partial charge < -0.3 is 13.7 Å².